The standard InChI is InChI=1S/C29H50/c1-7-22(20(2)3)12-11-21(4)25-15-16-26-24-14-13-23-10-8-9-18-28(23,5)27(24)17-19-29(25,26)6/h11-12,20-27H,7-10,13-19H2,1-6H3/b12-11+/t21-,22-,23-,24+,25-,26+,27+,28+,29-/m1/s1. The Bertz CT molecular complexity index is 587. The van der Waals surface area contributed by atoms with Crippen LogP contribution in [-0.4, -0.2) is 0 Å². The second-order valence-corrected chi connectivity index (χ2v) is 12.7. The van der Waals surface area contributed by atoms with Crippen molar-refractivity contribution in [2.45, 2.75) is 112 Å². The minimum atomic E-state index is 0.613. The maximum atomic E-state index is 2.73. The molecule has 0 N–H and O–H groups in total. The number of rotatable bonds is 5. The summed E-state index contributed by atoms with van der Waals surface area (Å²) in [6.07, 6.45) is 21.8. The third-order valence-corrected chi connectivity index (χ3v) is 11.3. The Morgan fingerprint density at radius 1 is 0.793 bits per heavy atom. The fourth-order valence-electron chi connectivity index (χ4n) is 9.48. The molecule has 4 aliphatic carbocycles. The quantitative estimate of drug-likeness (QED) is 0.405. The molecule has 0 aliphatic heterocycles. The molecular formula is C29H50. The molecule has 29 heavy (non-hydrogen) atoms. The van der Waals surface area contributed by atoms with Gasteiger partial charge in [-0.3, -0.25) is 0 Å². The average molecular weight is 399 g/mol. The van der Waals surface area contributed by atoms with E-state index in [1.165, 1.54) is 38.5 Å². The van der Waals surface area contributed by atoms with E-state index in [9.17, 15) is 0 Å². The van der Waals surface area contributed by atoms with E-state index >= 15 is 0 Å². The van der Waals surface area contributed by atoms with E-state index in [0.29, 0.717) is 10.8 Å². The van der Waals surface area contributed by atoms with Crippen molar-refractivity contribution in [3.63, 3.8) is 0 Å². The van der Waals surface area contributed by atoms with E-state index in [0.717, 1.165) is 47.3 Å². The van der Waals surface area contributed by atoms with Crippen LogP contribution in [-0.2, 0) is 0 Å². The van der Waals surface area contributed by atoms with Crippen molar-refractivity contribution in [3.8, 4) is 0 Å². The van der Waals surface area contributed by atoms with Crippen molar-refractivity contribution in [1.82, 2.24) is 0 Å². The van der Waals surface area contributed by atoms with Gasteiger partial charge in [0.05, 0.1) is 0 Å². The molecule has 4 aliphatic rings. The molecule has 0 aromatic carbocycles. The lowest BCUT2D eigenvalue weighted by molar-refractivity contribution is -0.112. The molecule has 0 unspecified atom stereocenters. The van der Waals surface area contributed by atoms with Gasteiger partial charge in [-0.05, 0) is 116 Å². The molecule has 0 aromatic heterocycles. The highest BCUT2D eigenvalue weighted by Gasteiger charge is 2.59. The zero-order chi connectivity index (χ0) is 20.8. The van der Waals surface area contributed by atoms with E-state index in [1.54, 1.807) is 32.1 Å². The van der Waals surface area contributed by atoms with Crippen LogP contribution in [0.4, 0.5) is 0 Å². The van der Waals surface area contributed by atoms with Crippen molar-refractivity contribution >= 4 is 0 Å². The second-order valence-electron chi connectivity index (χ2n) is 12.7. The Morgan fingerprint density at radius 3 is 2.28 bits per heavy atom. The zero-order valence-corrected chi connectivity index (χ0v) is 20.6. The van der Waals surface area contributed by atoms with Gasteiger partial charge in [-0.2, -0.15) is 0 Å². The molecule has 4 rings (SSSR count). The predicted octanol–water partition coefficient (Wildman–Crippen LogP) is 8.91. The normalized spacial score (nSPS) is 46.9. The van der Waals surface area contributed by atoms with Crippen molar-refractivity contribution < 1.29 is 0 Å². The summed E-state index contributed by atoms with van der Waals surface area (Å²) in [6, 6.07) is 0. The van der Waals surface area contributed by atoms with Gasteiger partial charge in [-0.25, -0.2) is 0 Å². The van der Waals surface area contributed by atoms with E-state index in [1.807, 2.05) is 0 Å². The van der Waals surface area contributed by atoms with Gasteiger partial charge in [-0.15, -0.1) is 0 Å². The predicted molar refractivity (Wildman–Crippen MR) is 127 cm³/mol. The molecule has 0 aromatic rings. The van der Waals surface area contributed by atoms with Crippen LogP contribution in [0.1, 0.15) is 112 Å². The summed E-state index contributed by atoms with van der Waals surface area (Å²) in [4.78, 5) is 0. The lowest BCUT2D eigenvalue weighted by Crippen LogP contribution is -2.53. The fraction of sp³-hybridized carbons (Fsp3) is 0.931. The van der Waals surface area contributed by atoms with Gasteiger partial charge in [-0.1, -0.05) is 66.5 Å². The Morgan fingerprint density at radius 2 is 1.55 bits per heavy atom. The Balaban J connectivity index is 1.50. The molecule has 0 bridgehead atoms. The molecule has 0 radical (unpaired) electrons. The highest BCUT2D eigenvalue weighted by Crippen LogP contribution is 2.68. The summed E-state index contributed by atoms with van der Waals surface area (Å²) in [5, 5.41) is 0. The minimum absolute atomic E-state index is 0.613. The van der Waals surface area contributed by atoms with Gasteiger partial charge in [0.25, 0.3) is 0 Å². The maximum absolute atomic E-state index is 2.73. The van der Waals surface area contributed by atoms with Gasteiger partial charge in [0.15, 0.2) is 0 Å². The number of hydrogen-bond acceptors (Lipinski definition) is 0. The Labute approximate surface area is 182 Å². The van der Waals surface area contributed by atoms with Gasteiger partial charge in [0.1, 0.15) is 0 Å². The maximum Gasteiger partial charge on any atom is -0.0213 e. The van der Waals surface area contributed by atoms with E-state index in [4.69, 9.17) is 0 Å². The van der Waals surface area contributed by atoms with E-state index in [-0.39, 0.29) is 0 Å². The van der Waals surface area contributed by atoms with Gasteiger partial charge in [0, 0.05) is 0 Å². The molecule has 0 heterocycles. The minimum Gasteiger partial charge on any atom is -0.0851 e. The molecule has 0 saturated heterocycles. The van der Waals surface area contributed by atoms with E-state index < -0.39 is 0 Å². The first kappa shape index (κ1) is 22.0. The summed E-state index contributed by atoms with van der Waals surface area (Å²) >= 11 is 0. The van der Waals surface area contributed by atoms with Crippen LogP contribution < -0.4 is 0 Å². The van der Waals surface area contributed by atoms with Gasteiger partial charge < -0.3 is 0 Å². The SMILES string of the molecule is CC[C@H](/C=C/[C@@H](C)[C@H]1CC[C@H]2[C@@H]3CC[C@H]4CCCC[C@]4(C)[C@H]3CC[C@]12C)C(C)C. The summed E-state index contributed by atoms with van der Waals surface area (Å²) in [6.45, 7) is 15.1. The number of fused-ring (bicyclic) bond motifs is 5. The smallest absolute Gasteiger partial charge is 0.0213 e. The lowest BCUT2D eigenvalue weighted by Gasteiger charge is -2.60. The van der Waals surface area contributed by atoms with Crippen molar-refractivity contribution in [2.24, 2.45) is 58.2 Å². The third-order valence-electron chi connectivity index (χ3n) is 11.3. The molecule has 9 atom stereocenters. The molecule has 4 saturated carbocycles. The highest BCUT2D eigenvalue weighted by molar-refractivity contribution is 5.11. The lowest BCUT2D eigenvalue weighted by atomic mass is 9.44. The molecule has 0 amide bonds. The summed E-state index contributed by atoms with van der Waals surface area (Å²) in [7, 11) is 0. The molecule has 0 spiro atoms. The van der Waals surface area contributed by atoms with Crippen LogP contribution >= 0.6 is 0 Å². The Kier molecular flexibility index (Phi) is 6.32. The molecule has 0 heteroatoms. The summed E-state index contributed by atoms with van der Waals surface area (Å²) in [5.41, 5.74) is 1.31. The van der Waals surface area contributed by atoms with Crippen LogP contribution in [0.3, 0.4) is 0 Å². The van der Waals surface area contributed by atoms with Crippen molar-refractivity contribution in [1.29, 1.82) is 0 Å². The van der Waals surface area contributed by atoms with Crippen molar-refractivity contribution in [2.75, 3.05) is 0 Å². The Hall–Kier alpha value is -0.260. The first-order valence-corrected chi connectivity index (χ1v) is 13.5. The largest absolute Gasteiger partial charge is 0.0851 e. The first-order chi connectivity index (χ1) is 13.8. The zero-order valence-electron chi connectivity index (χ0n) is 20.6. The van der Waals surface area contributed by atoms with E-state index in [2.05, 4.69) is 53.7 Å². The molecule has 166 valence electrons. The molecular weight excluding hydrogens is 348 g/mol. The van der Waals surface area contributed by atoms with Crippen LogP contribution in [0.15, 0.2) is 12.2 Å². The second kappa shape index (κ2) is 8.35. The summed E-state index contributed by atoms with van der Waals surface area (Å²) in [5.74, 6) is 7.40. The average Bonchev–Trinajstić information content (AvgIpc) is 3.05. The van der Waals surface area contributed by atoms with Gasteiger partial charge in [0.2, 0.25) is 0 Å². The topological polar surface area (TPSA) is 0 Å². The highest BCUT2D eigenvalue weighted by atomic mass is 14.6. The van der Waals surface area contributed by atoms with Crippen LogP contribution in [0.2, 0.25) is 0 Å². The van der Waals surface area contributed by atoms with Crippen molar-refractivity contribution in [3.05, 3.63) is 12.2 Å². The summed E-state index contributed by atoms with van der Waals surface area (Å²) < 4.78 is 0. The molecule has 4 fully saturated rings. The molecule has 0 nitrogen and oxygen atoms in total. The van der Waals surface area contributed by atoms with Crippen LogP contribution in [0.25, 0.3) is 0 Å². The number of allylic oxidation sites excluding steroid dienone is 2. The first-order valence-electron chi connectivity index (χ1n) is 13.5. The van der Waals surface area contributed by atoms with Gasteiger partial charge >= 0.3 is 0 Å². The van der Waals surface area contributed by atoms with Crippen LogP contribution in [0.5, 0.6) is 0 Å². The number of hydrogen-bond donors (Lipinski definition) is 0. The van der Waals surface area contributed by atoms with Crippen LogP contribution in [0, 0.1) is 58.2 Å². The fourth-order valence-corrected chi connectivity index (χ4v) is 9.48. The third kappa shape index (κ3) is 3.67. The monoisotopic (exact) mass is 398 g/mol.